The van der Waals surface area contributed by atoms with Crippen LogP contribution < -0.4 is 5.32 Å². The van der Waals surface area contributed by atoms with E-state index in [-0.39, 0.29) is 11.9 Å². The zero-order valence-corrected chi connectivity index (χ0v) is 11.0. The van der Waals surface area contributed by atoms with Crippen molar-refractivity contribution in [2.45, 2.75) is 13.0 Å². The van der Waals surface area contributed by atoms with E-state index >= 15 is 0 Å². The van der Waals surface area contributed by atoms with Crippen molar-refractivity contribution in [3.05, 3.63) is 64.2 Å². The van der Waals surface area contributed by atoms with Gasteiger partial charge >= 0.3 is 0 Å². The molecule has 0 fully saturated rings. The third-order valence-corrected chi connectivity index (χ3v) is 3.12. The second-order valence-corrected chi connectivity index (χ2v) is 4.59. The number of nitrogens with zero attached hydrogens (tertiary/aromatic N) is 1. The number of hydrogen-bond donors (Lipinski definition) is 1. The number of pyridine rings is 1. The van der Waals surface area contributed by atoms with E-state index in [2.05, 4.69) is 10.3 Å². The van der Waals surface area contributed by atoms with Crippen LogP contribution in [-0.4, -0.2) is 12.0 Å². The number of halogens is 2. The lowest BCUT2D eigenvalue weighted by atomic mass is 9.99. The zero-order chi connectivity index (χ0) is 13.1. The first-order valence-corrected chi connectivity index (χ1v) is 6.03. The summed E-state index contributed by atoms with van der Waals surface area (Å²) in [6, 6.07) is 6.37. The van der Waals surface area contributed by atoms with Crippen molar-refractivity contribution >= 4 is 11.6 Å². The molecule has 0 bridgehead atoms. The van der Waals surface area contributed by atoms with Crippen molar-refractivity contribution in [1.29, 1.82) is 0 Å². The van der Waals surface area contributed by atoms with Crippen molar-refractivity contribution in [3.63, 3.8) is 0 Å². The fourth-order valence-electron chi connectivity index (χ4n) is 1.97. The molecule has 2 nitrogen and oxygen atoms in total. The molecule has 2 aromatic rings. The lowest BCUT2D eigenvalue weighted by Gasteiger charge is -2.18. The van der Waals surface area contributed by atoms with Gasteiger partial charge in [-0.25, -0.2) is 4.39 Å². The van der Waals surface area contributed by atoms with Gasteiger partial charge in [-0.05, 0) is 42.8 Å². The largest absolute Gasteiger partial charge is 0.309 e. The average Bonchev–Trinajstić information content (AvgIpc) is 2.33. The van der Waals surface area contributed by atoms with Gasteiger partial charge in [-0.1, -0.05) is 23.7 Å². The lowest BCUT2D eigenvalue weighted by molar-refractivity contribution is 0.623. The highest BCUT2D eigenvalue weighted by molar-refractivity contribution is 6.31. The molecular weight excluding hydrogens is 251 g/mol. The molecule has 0 saturated heterocycles. The Morgan fingerprint density at radius 3 is 2.67 bits per heavy atom. The summed E-state index contributed by atoms with van der Waals surface area (Å²) in [6.07, 6.45) is 3.58. The maximum Gasteiger partial charge on any atom is 0.124 e. The minimum absolute atomic E-state index is 0.0921. The third kappa shape index (κ3) is 2.68. The monoisotopic (exact) mass is 264 g/mol. The molecule has 1 heterocycles. The molecule has 0 aliphatic carbocycles. The molecule has 4 heteroatoms. The van der Waals surface area contributed by atoms with Crippen LogP contribution in [0.4, 0.5) is 4.39 Å². The van der Waals surface area contributed by atoms with Gasteiger partial charge in [0.25, 0.3) is 0 Å². The molecule has 1 aromatic carbocycles. The first kappa shape index (κ1) is 13.0. The molecule has 1 aromatic heterocycles. The summed E-state index contributed by atoms with van der Waals surface area (Å²) in [7, 11) is 1.84. The molecule has 0 amide bonds. The quantitative estimate of drug-likeness (QED) is 0.918. The predicted octanol–water partition coefficient (Wildman–Crippen LogP) is 3.49. The van der Waals surface area contributed by atoms with Crippen LogP contribution in [0.1, 0.15) is 22.7 Å². The van der Waals surface area contributed by atoms with E-state index in [1.165, 1.54) is 12.1 Å². The molecule has 0 radical (unpaired) electrons. The standard InChI is InChI=1S/C14H14ClFN2/c1-9-5-10(8-18-7-9)14(17-2)12-4-3-11(16)6-13(12)15/h3-8,14,17H,1-2H3. The molecule has 1 unspecified atom stereocenters. The predicted molar refractivity (Wildman–Crippen MR) is 71.3 cm³/mol. The van der Waals surface area contributed by atoms with Crippen molar-refractivity contribution in [1.82, 2.24) is 10.3 Å². The molecule has 2 rings (SSSR count). The maximum atomic E-state index is 13.1. The fourth-order valence-corrected chi connectivity index (χ4v) is 2.25. The molecule has 18 heavy (non-hydrogen) atoms. The molecule has 94 valence electrons. The van der Waals surface area contributed by atoms with Crippen LogP contribution in [0.5, 0.6) is 0 Å². The van der Waals surface area contributed by atoms with Crippen molar-refractivity contribution in [3.8, 4) is 0 Å². The second-order valence-electron chi connectivity index (χ2n) is 4.18. The molecule has 0 saturated carbocycles. The van der Waals surface area contributed by atoms with Crippen molar-refractivity contribution < 1.29 is 4.39 Å². The van der Waals surface area contributed by atoms with Crippen molar-refractivity contribution in [2.75, 3.05) is 7.05 Å². The molecule has 1 N–H and O–H groups in total. The lowest BCUT2D eigenvalue weighted by Crippen LogP contribution is -2.18. The van der Waals surface area contributed by atoms with Crippen LogP contribution in [0.2, 0.25) is 5.02 Å². The Kier molecular flexibility index (Phi) is 3.94. The number of rotatable bonds is 3. The van der Waals surface area contributed by atoms with Crippen LogP contribution >= 0.6 is 11.6 Å². The van der Waals surface area contributed by atoms with E-state index in [0.29, 0.717) is 5.02 Å². The molecule has 1 atom stereocenters. The Morgan fingerprint density at radius 1 is 1.28 bits per heavy atom. The number of nitrogens with one attached hydrogen (secondary N) is 1. The van der Waals surface area contributed by atoms with Crippen LogP contribution in [0.3, 0.4) is 0 Å². The minimum atomic E-state index is -0.332. The van der Waals surface area contributed by atoms with Gasteiger partial charge < -0.3 is 5.32 Å². The van der Waals surface area contributed by atoms with E-state index in [4.69, 9.17) is 11.6 Å². The van der Waals surface area contributed by atoms with Gasteiger partial charge in [0.15, 0.2) is 0 Å². The summed E-state index contributed by atoms with van der Waals surface area (Å²) in [5.41, 5.74) is 2.92. The van der Waals surface area contributed by atoms with Crippen molar-refractivity contribution in [2.24, 2.45) is 0 Å². The molecule has 0 aliphatic rings. The highest BCUT2D eigenvalue weighted by atomic mass is 35.5. The summed E-state index contributed by atoms with van der Waals surface area (Å²) < 4.78 is 13.1. The van der Waals surface area contributed by atoms with E-state index < -0.39 is 0 Å². The Balaban J connectivity index is 2.45. The summed E-state index contributed by atoms with van der Waals surface area (Å²) in [6.45, 7) is 1.98. The normalized spacial score (nSPS) is 12.4. The third-order valence-electron chi connectivity index (χ3n) is 2.79. The van der Waals surface area contributed by atoms with Gasteiger partial charge in [0, 0.05) is 17.4 Å². The Bertz CT molecular complexity index is 557. The van der Waals surface area contributed by atoms with Gasteiger partial charge in [-0.3, -0.25) is 4.98 Å². The average molecular weight is 265 g/mol. The topological polar surface area (TPSA) is 24.9 Å². The summed E-state index contributed by atoms with van der Waals surface area (Å²) in [5.74, 6) is -0.332. The molecular formula is C14H14ClFN2. The Labute approximate surface area is 111 Å². The number of benzene rings is 1. The van der Waals surface area contributed by atoms with Gasteiger partial charge in [0.2, 0.25) is 0 Å². The number of hydrogen-bond acceptors (Lipinski definition) is 2. The van der Waals surface area contributed by atoms with Gasteiger partial charge in [0.1, 0.15) is 5.82 Å². The summed E-state index contributed by atoms with van der Waals surface area (Å²) in [4.78, 5) is 4.17. The van der Waals surface area contributed by atoms with E-state index in [1.54, 1.807) is 18.5 Å². The van der Waals surface area contributed by atoms with E-state index in [9.17, 15) is 4.39 Å². The Hall–Kier alpha value is -1.45. The highest BCUT2D eigenvalue weighted by Crippen LogP contribution is 2.28. The van der Waals surface area contributed by atoms with Crippen LogP contribution in [0.15, 0.2) is 36.7 Å². The fraction of sp³-hybridized carbons (Fsp3) is 0.214. The van der Waals surface area contributed by atoms with Crippen LogP contribution in [-0.2, 0) is 0 Å². The second kappa shape index (κ2) is 5.46. The molecule has 0 spiro atoms. The number of aryl methyl sites for hydroxylation is 1. The first-order valence-electron chi connectivity index (χ1n) is 5.65. The first-order chi connectivity index (χ1) is 8.61. The summed E-state index contributed by atoms with van der Waals surface area (Å²) >= 11 is 6.09. The van der Waals surface area contributed by atoms with Gasteiger partial charge in [0.05, 0.1) is 6.04 Å². The van der Waals surface area contributed by atoms with Gasteiger partial charge in [-0.15, -0.1) is 0 Å². The van der Waals surface area contributed by atoms with E-state index in [1.807, 2.05) is 20.0 Å². The van der Waals surface area contributed by atoms with Crippen LogP contribution in [0, 0.1) is 12.7 Å². The number of aromatic nitrogens is 1. The minimum Gasteiger partial charge on any atom is -0.309 e. The Morgan fingerprint density at radius 2 is 2.06 bits per heavy atom. The van der Waals surface area contributed by atoms with Crippen LogP contribution in [0.25, 0.3) is 0 Å². The van der Waals surface area contributed by atoms with E-state index in [0.717, 1.165) is 16.7 Å². The smallest absolute Gasteiger partial charge is 0.124 e. The van der Waals surface area contributed by atoms with Gasteiger partial charge in [-0.2, -0.15) is 0 Å². The zero-order valence-electron chi connectivity index (χ0n) is 10.2. The molecule has 0 aliphatic heterocycles. The highest BCUT2D eigenvalue weighted by Gasteiger charge is 2.16. The summed E-state index contributed by atoms with van der Waals surface area (Å²) in [5, 5.41) is 3.59. The maximum absolute atomic E-state index is 13.1. The SMILES string of the molecule is CNC(c1cncc(C)c1)c1ccc(F)cc1Cl.